The lowest BCUT2D eigenvalue weighted by atomic mass is 9.97. The number of hydrogen-bond acceptors (Lipinski definition) is 4. The number of carbonyl (C=O) groups excluding carboxylic acids is 1. The SMILES string of the molecule is CN(C(=O)c1cc2n(n1)[C@H](C(F)(F)F)C[C@@H](c1ccccc1)N2)c1ccc(OC(F)(F)F)cc1. The number of hydrogen-bond donors (Lipinski definition) is 1. The van der Waals surface area contributed by atoms with Crippen LogP contribution in [0.1, 0.15) is 34.6 Å². The van der Waals surface area contributed by atoms with Gasteiger partial charge in [0.15, 0.2) is 11.7 Å². The zero-order valence-electron chi connectivity index (χ0n) is 17.6. The molecule has 0 saturated carbocycles. The Labute approximate surface area is 189 Å². The molecule has 4 rings (SSSR count). The van der Waals surface area contributed by atoms with Crippen molar-refractivity contribution in [2.24, 2.45) is 0 Å². The van der Waals surface area contributed by atoms with Crippen molar-refractivity contribution in [1.29, 1.82) is 0 Å². The Hall–Kier alpha value is -3.70. The number of amides is 1. The number of rotatable bonds is 4. The molecule has 6 nitrogen and oxygen atoms in total. The van der Waals surface area contributed by atoms with Gasteiger partial charge in [0, 0.05) is 25.2 Å². The van der Waals surface area contributed by atoms with Crippen molar-refractivity contribution in [3.8, 4) is 5.75 Å². The number of ether oxygens (including phenoxy) is 1. The second-order valence-corrected chi connectivity index (χ2v) is 7.67. The number of nitrogens with zero attached hydrogens (tertiary/aromatic N) is 3. The summed E-state index contributed by atoms with van der Waals surface area (Å²) in [4.78, 5) is 14.0. The van der Waals surface area contributed by atoms with Gasteiger partial charge < -0.3 is 15.0 Å². The Kier molecular flexibility index (Phi) is 5.92. The molecule has 1 aliphatic heterocycles. The van der Waals surface area contributed by atoms with Crippen LogP contribution in [0.15, 0.2) is 60.7 Å². The van der Waals surface area contributed by atoms with Crippen molar-refractivity contribution in [2.75, 3.05) is 17.3 Å². The van der Waals surface area contributed by atoms with Gasteiger partial charge in [-0.25, -0.2) is 4.68 Å². The summed E-state index contributed by atoms with van der Waals surface area (Å²) in [5, 5.41) is 6.91. The van der Waals surface area contributed by atoms with Gasteiger partial charge in [-0.1, -0.05) is 30.3 Å². The Morgan fingerprint density at radius 3 is 2.29 bits per heavy atom. The largest absolute Gasteiger partial charge is 0.573 e. The fourth-order valence-electron chi connectivity index (χ4n) is 3.74. The summed E-state index contributed by atoms with van der Waals surface area (Å²) in [5.74, 6) is -1.17. The molecular weight excluding hydrogens is 466 g/mol. The zero-order chi connectivity index (χ0) is 24.7. The molecule has 0 fully saturated rings. The van der Waals surface area contributed by atoms with Crippen molar-refractivity contribution in [2.45, 2.75) is 31.0 Å². The van der Waals surface area contributed by atoms with E-state index in [1.807, 2.05) is 0 Å². The molecule has 1 aromatic heterocycles. The van der Waals surface area contributed by atoms with Crippen LogP contribution in [0.25, 0.3) is 0 Å². The topological polar surface area (TPSA) is 59.4 Å². The van der Waals surface area contributed by atoms with Crippen molar-refractivity contribution in [1.82, 2.24) is 9.78 Å². The molecule has 0 unspecified atom stereocenters. The van der Waals surface area contributed by atoms with Gasteiger partial charge in [-0.2, -0.15) is 18.3 Å². The van der Waals surface area contributed by atoms with Gasteiger partial charge in [-0.3, -0.25) is 4.79 Å². The maximum Gasteiger partial charge on any atom is 0.573 e. The first-order valence-corrected chi connectivity index (χ1v) is 10.0. The predicted octanol–water partition coefficient (Wildman–Crippen LogP) is 5.72. The van der Waals surface area contributed by atoms with Crippen molar-refractivity contribution in [3.63, 3.8) is 0 Å². The second-order valence-electron chi connectivity index (χ2n) is 7.67. The number of aromatic nitrogens is 2. The lowest BCUT2D eigenvalue weighted by Crippen LogP contribution is -2.35. The molecule has 0 bridgehead atoms. The number of carbonyl (C=O) groups is 1. The highest BCUT2D eigenvalue weighted by Gasteiger charge is 2.47. The highest BCUT2D eigenvalue weighted by atomic mass is 19.4. The van der Waals surface area contributed by atoms with E-state index in [2.05, 4.69) is 15.2 Å². The standard InChI is InChI=1S/C22H18F6N4O2/c1-31(14-7-9-15(10-8-14)34-22(26,27)28)20(33)17-12-19-29-16(13-5-3-2-4-6-13)11-18(21(23,24)25)32(19)30-17/h2-10,12,16,18,29H,11H2,1H3/t16-,18-/m0/s1. The van der Waals surface area contributed by atoms with Crippen LogP contribution >= 0.6 is 0 Å². The third kappa shape index (κ3) is 4.95. The van der Waals surface area contributed by atoms with E-state index in [0.29, 0.717) is 5.56 Å². The lowest BCUT2D eigenvalue weighted by molar-refractivity contribution is -0.274. The summed E-state index contributed by atoms with van der Waals surface area (Å²) in [6.45, 7) is 0. The number of fused-ring (bicyclic) bond motifs is 1. The maximum atomic E-state index is 13.8. The highest BCUT2D eigenvalue weighted by Crippen LogP contribution is 2.43. The van der Waals surface area contributed by atoms with Crippen molar-refractivity contribution in [3.05, 3.63) is 71.9 Å². The molecule has 1 amide bonds. The molecule has 0 saturated heterocycles. The van der Waals surface area contributed by atoms with Gasteiger partial charge in [0.1, 0.15) is 11.6 Å². The molecule has 0 radical (unpaired) electrons. The Morgan fingerprint density at radius 1 is 1.06 bits per heavy atom. The second kappa shape index (κ2) is 8.58. The number of halogens is 6. The number of alkyl halides is 6. The van der Waals surface area contributed by atoms with Crippen LogP contribution in [0.5, 0.6) is 5.75 Å². The quantitative estimate of drug-likeness (QED) is 0.482. The summed E-state index contributed by atoms with van der Waals surface area (Å²) < 4.78 is 83.0. The third-order valence-corrected chi connectivity index (χ3v) is 5.37. The van der Waals surface area contributed by atoms with E-state index in [-0.39, 0.29) is 23.6 Å². The smallest absolute Gasteiger partial charge is 0.406 e. The van der Waals surface area contributed by atoms with E-state index in [4.69, 9.17) is 0 Å². The minimum absolute atomic E-state index is 0.0353. The summed E-state index contributed by atoms with van der Waals surface area (Å²) >= 11 is 0. The highest BCUT2D eigenvalue weighted by molar-refractivity contribution is 6.04. The molecule has 1 aliphatic rings. The number of anilines is 2. The molecule has 0 spiro atoms. The van der Waals surface area contributed by atoms with Gasteiger partial charge in [-0.15, -0.1) is 13.2 Å². The first-order chi connectivity index (χ1) is 15.9. The van der Waals surface area contributed by atoms with Crippen LogP contribution < -0.4 is 15.0 Å². The van der Waals surface area contributed by atoms with E-state index >= 15 is 0 Å². The van der Waals surface area contributed by atoms with E-state index in [9.17, 15) is 31.1 Å². The number of nitrogens with one attached hydrogen (secondary N) is 1. The summed E-state index contributed by atoms with van der Waals surface area (Å²) in [6.07, 6.45) is -9.78. The van der Waals surface area contributed by atoms with Crippen LogP contribution in [0.2, 0.25) is 0 Å². The minimum Gasteiger partial charge on any atom is -0.406 e. The number of benzene rings is 2. The van der Waals surface area contributed by atoms with Crippen molar-refractivity contribution >= 4 is 17.4 Å². The van der Waals surface area contributed by atoms with Crippen LogP contribution in [-0.2, 0) is 0 Å². The fraction of sp³-hybridized carbons (Fsp3) is 0.273. The van der Waals surface area contributed by atoms with Crippen LogP contribution in [-0.4, -0.2) is 35.3 Å². The van der Waals surface area contributed by atoms with Gasteiger partial charge in [-0.05, 0) is 29.8 Å². The van der Waals surface area contributed by atoms with E-state index in [1.54, 1.807) is 30.3 Å². The first-order valence-electron chi connectivity index (χ1n) is 10.0. The fourth-order valence-corrected chi connectivity index (χ4v) is 3.74. The summed E-state index contributed by atoms with van der Waals surface area (Å²) in [6, 6.07) is 11.8. The van der Waals surface area contributed by atoms with Crippen molar-refractivity contribution < 1.29 is 35.9 Å². The molecule has 1 N–H and O–H groups in total. The van der Waals surface area contributed by atoms with Gasteiger partial charge in [0.2, 0.25) is 0 Å². The molecule has 3 aromatic rings. The zero-order valence-corrected chi connectivity index (χ0v) is 17.6. The molecular formula is C22H18F6N4O2. The van der Waals surface area contributed by atoms with Crippen LogP contribution in [0.3, 0.4) is 0 Å². The predicted molar refractivity (Wildman–Crippen MR) is 111 cm³/mol. The molecule has 34 heavy (non-hydrogen) atoms. The Balaban J connectivity index is 1.59. The average Bonchev–Trinajstić information content (AvgIpc) is 3.21. The van der Waals surface area contributed by atoms with E-state index in [0.717, 1.165) is 21.7 Å². The third-order valence-electron chi connectivity index (χ3n) is 5.37. The Bertz CT molecular complexity index is 1160. The minimum atomic E-state index is -4.86. The summed E-state index contributed by atoms with van der Waals surface area (Å²) in [5.41, 5.74) is 0.618. The average molecular weight is 484 g/mol. The van der Waals surface area contributed by atoms with E-state index < -0.39 is 36.3 Å². The summed E-state index contributed by atoms with van der Waals surface area (Å²) in [7, 11) is 1.34. The molecule has 2 heterocycles. The molecule has 0 aliphatic carbocycles. The van der Waals surface area contributed by atoms with Gasteiger partial charge in [0.05, 0.1) is 6.04 Å². The lowest BCUT2D eigenvalue weighted by Gasteiger charge is -2.33. The molecule has 2 aromatic carbocycles. The monoisotopic (exact) mass is 484 g/mol. The first kappa shape index (κ1) is 23.5. The van der Waals surface area contributed by atoms with Crippen LogP contribution in [0, 0.1) is 0 Å². The Morgan fingerprint density at radius 2 is 1.71 bits per heavy atom. The van der Waals surface area contributed by atoms with Crippen LogP contribution in [0.4, 0.5) is 37.8 Å². The normalized spacial score (nSPS) is 18.1. The van der Waals surface area contributed by atoms with Gasteiger partial charge >= 0.3 is 12.5 Å². The molecule has 12 heteroatoms. The maximum absolute atomic E-state index is 13.8. The molecule has 2 atom stereocenters. The van der Waals surface area contributed by atoms with E-state index in [1.165, 1.54) is 25.2 Å². The molecule has 180 valence electrons. The van der Waals surface area contributed by atoms with Gasteiger partial charge in [0.25, 0.3) is 5.91 Å².